The highest BCUT2D eigenvalue weighted by Gasteiger charge is 2.40. The monoisotopic (exact) mass is 348 g/mol. The summed E-state index contributed by atoms with van der Waals surface area (Å²) in [5, 5.41) is 29.0. The van der Waals surface area contributed by atoms with E-state index >= 15 is 0 Å². The highest BCUT2D eigenvalue weighted by Crippen LogP contribution is 2.35. The van der Waals surface area contributed by atoms with Crippen molar-refractivity contribution in [2.24, 2.45) is 11.8 Å². The van der Waals surface area contributed by atoms with E-state index < -0.39 is 18.2 Å². The van der Waals surface area contributed by atoms with Gasteiger partial charge in [0.1, 0.15) is 0 Å². The van der Waals surface area contributed by atoms with Crippen LogP contribution in [0.1, 0.15) is 37.7 Å². The molecule has 4 unspecified atom stereocenters. The number of benzene rings is 1. The Labute approximate surface area is 149 Å². The maximum Gasteiger partial charge on any atom is 0.303 e. The van der Waals surface area contributed by atoms with Crippen molar-refractivity contribution in [2.45, 2.75) is 50.9 Å². The van der Waals surface area contributed by atoms with Gasteiger partial charge in [-0.15, -0.1) is 0 Å². The van der Waals surface area contributed by atoms with Crippen molar-refractivity contribution in [3.8, 4) is 0 Å². The zero-order valence-electron chi connectivity index (χ0n) is 14.5. The van der Waals surface area contributed by atoms with Crippen molar-refractivity contribution >= 4 is 5.97 Å². The van der Waals surface area contributed by atoms with E-state index in [1.165, 1.54) is 0 Å². The fourth-order valence-electron chi connectivity index (χ4n) is 3.36. The molecule has 0 saturated heterocycles. The summed E-state index contributed by atoms with van der Waals surface area (Å²) < 4.78 is 5.76. The second-order valence-corrected chi connectivity index (χ2v) is 6.69. The quantitative estimate of drug-likeness (QED) is 0.447. The molecule has 1 fully saturated rings. The Bertz CT molecular complexity index is 542. The third-order valence-corrected chi connectivity index (χ3v) is 4.78. The van der Waals surface area contributed by atoms with E-state index in [1.807, 2.05) is 42.5 Å². The number of allylic oxidation sites excluding steroid dienone is 2. The molecule has 1 saturated carbocycles. The lowest BCUT2D eigenvalue weighted by atomic mass is 9.91. The fourth-order valence-corrected chi connectivity index (χ4v) is 3.36. The summed E-state index contributed by atoms with van der Waals surface area (Å²) in [7, 11) is 0. The summed E-state index contributed by atoms with van der Waals surface area (Å²) >= 11 is 0. The van der Waals surface area contributed by atoms with E-state index in [0.717, 1.165) is 5.56 Å². The van der Waals surface area contributed by atoms with Gasteiger partial charge in [-0.1, -0.05) is 42.5 Å². The number of ether oxygens (including phenoxy) is 1. The van der Waals surface area contributed by atoms with Gasteiger partial charge in [0.15, 0.2) is 0 Å². The van der Waals surface area contributed by atoms with Gasteiger partial charge >= 0.3 is 5.97 Å². The molecule has 25 heavy (non-hydrogen) atoms. The van der Waals surface area contributed by atoms with Crippen LogP contribution in [0.15, 0.2) is 42.5 Å². The molecule has 4 atom stereocenters. The highest BCUT2D eigenvalue weighted by molar-refractivity contribution is 5.66. The minimum Gasteiger partial charge on any atom is -0.481 e. The molecular weight excluding hydrogens is 320 g/mol. The minimum atomic E-state index is -0.779. The number of unbranched alkanes of at least 4 members (excludes halogenated alkanes) is 1. The summed E-state index contributed by atoms with van der Waals surface area (Å²) in [4.78, 5) is 10.5. The summed E-state index contributed by atoms with van der Waals surface area (Å²) in [5.41, 5.74) is 1.09. The van der Waals surface area contributed by atoms with Crippen molar-refractivity contribution < 1.29 is 24.9 Å². The molecule has 2 rings (SSSR count). The van der Waals surface area contributed by atoms with Gasteiger partial charge < -0.3 is 20.1 Å². The largest absolute Gasteiger partial charge is 0.481 e. The number of carboxylic acid groups (broad SMARTS) is 1. The zero-order valence-corrected chi connectivity index (χ0v) is 14.5. The molecule has 1 aliphatic carbocycles. The first kappa shape index (κ1) is 19.6. The van der Waals surface area contributed by atoms with Gasteiger partial charge in [0.25, 0.3) is 0 Å². The summed E-state index contributed by atoms with van der Waals surface area (Å²) in [6.45, 7) is 0.919. The van der Waals surface area contributed by atoms with Gasteiger partial charge in [0.05, 0.1) is 25.4 Å². The number of hydrogen-bond donors (Lipinski definition) is 3. The van der Waals surface area contributed by atoms with Crippen LogP contribution in [0.4, 0.5) is 0 Å². The molecule has 0 radical (unpaired) electrons. The Kier molecular flexibility index (Phi) is 8.12. The molecule has 5 nitrogen and oxygen atoms in total. The molecule has 3 N–H and O–H groups in total. The average Bonchev–Trinajstić information content (AvgIpc) is 2.85. The van der Waals surface area contributed by atoms with Crippen molar-refractivity contribution in [1.29, 1.82) is 0 Å². The highest BCUT2D eigenvalue weighted by atomic mass is 16.5. The lowest BCUT2D eigenvalue weighted by molar-refractivity contribution is -0.137. The average molecular weight is 348 g/mol. The van der Waals surface area contributed by atoms with Crippen LogP contribution in [-0.2, 0) is 16.1 Å². The van der Waals surface area contributed by atoms with Crippen LogP contribution in [0, 0.1) is 11.8 Å². The Morgan fingerprint density at radius 3 is 2.56 bits per heavy atom. The molecule has 5 heteroatoms. The maximum atomic E-state index is 10.5. The summed E-state index contributed by atoms with van der Waals surface area (Å²) in [6.07, 6.45) is 5.44. The van der Waals surface area contributed by atoms with E-state index in [2.05, 4.69) is 0 Å². The molecule has 0 heterocycles. The number of carbonyl (C=O) groups is 1. The first-order valence-electron chi connectivity index (χ1n) is 8.92. The second kappa shape index (κ2) is 10.3. The molecule has 0 aliphatic heterocycles. The first-order chi connectivity index (χ1) is 12.1. The van der Waals surface area contributed by atoms with Crippen LogP contribution >= 0.6 is 0 Å². The maximum absolute atomic E-state index is 10.5. The lowest BCUT2D eigenvalue weighted by Crippen LogP contribution is -2.26. The fraction of sp³-hybridized carbons (Fsp3) is 0.550. The number of carboxylic acids is 1. The summed E-state index contributed by atoms with van der Waals surface area (Å²) in [6, 6.07) is 9.88. The Morgan fingerprint density at radius 1 is 1.12 bits per heavy atom. The van der Waals surface area contributed by atoms with E-state index in [-0.39, 0.29) is 18.3 Å². The smallest absolute Gasteiger partial charge is 0.303 e. The van der Waals surface area contributed by atoms with Crippen molar-refractivity contribution in [2.75, 3.05) is 6.61 Å². The van der Waals surface area contributed by atoms with Gasteiger partial charge in [0.2, 0.25) is 0 Å². The standard InChI is InChI=1S/C20H28O5/c21-18-12-19(22)17(14-25-13-15-8-4-3-5-9-15)16(18)10-6-1-2-7-11-20(23)24/h1,3-6,8-9,16-19,21-22H,2,7,10-14H2,(H,23,24)/b6-1-. The van der Waals surface area contributed by atoms with Gasteiger partial charge in [-0.3, -0.25) is 4.79 Å². The molecule has 138 valence electrons. The SMILES string of the molecule is O=C(O)CCC/C=C\CC1C(O)CC(O)C1COCc1ccccc1. The number of aliphatic carboxylic acids is 1. The van der Waals surface area contributed by atoms with E-state index in [9.17, 15) is 15.0 Å². The van der Waals surface area contributed by atoms with Gasteiger partial charge in [-0.05, 0) is 37.2 Å². The van der Waals surface area contributed by atoms with Crippen LogP contribution in [0.25, 0.3) is 0 Å². The number of rotatable bonds is 10. The van der Waals surface area contributed by atoms with Crippen LogP contribution < -0.4 is 0 Å². The molecule has 0 amide bonds. The van der Waals surface area contributed by atoms with Crippen molar-refractivity contribution in [3.05, 3.63) is 48.0 Å². The molecule has 0 aromatic heterocycles. The first-order valence-corrected chi connectivity index (χ1v) is 8.92. The minimum absolute atomic E-state index is 0.0264. The molecule has 0 bridgehead atoms. The van der Waals surface area contributed by atoms with Gasteiger partial charge in [0, 0.05) is 12.3 Å². The third kappa shape index (κ3) is 6.61. The van der Waals surface area contributed by atoms with Gasteiger partial charge in [-0.2, -0.15) is 0 Å². The van der Waals surface area contributed by atoms with Crippen LogP contribution in [-0.4, -0.2) is 40.1 Å². The van der Waals surface area contributed by atoms with Crippen molar-refractivity contribution in [1.82, 2.24) is 0 Å². The molecule has 1 aromatic carbocycles. The lowest BCUT2D eigenvalue weighted by Gasteiger charge is -2.22. The van der Waals surface area contributed by atoms with Crippen LogP contribution in [0.3, 0.4) is 0 Å². The predicted molar refractivity (Wildman–Crippen MR) is 95.0 cm³/mol. The zero-order chi connectivity index (χ0) is 18.1. The second-order valence-electron chi connectivity index (χ2n) is 6.69. The van der Waals surface area contributed by atoms with Crippen LogP contribution in [0.5, 0.6) is 0 Å². The molecule has 1 aliphatic rings. The van der Waals surface area contributed by atoms with Gasteiger partial charge in [-0.25, -0.2) is 0 Å². The Morgan fingerprint density at radius 2 is 1.84 bits per heavy atom. The van der Waals surface area contributed by atoms with Crippen LogP contribution in [0.2, 0.25) is 0 Å². The van der Waals surface area contributed by atoms with E-state index in [0.29, 0.717) is 38.9 Å². The number of aliphatic hydroxyl groups excluding tert-OH is 2. The number of hydrogen-bond acceptors (Lipinski definition) is 4. The Balaban J connectivity index is 1.76. The van der Waals surface area contributed by atoms with E-state index in [1.54, 1.807) is 0 Å². The topological polar surface area (TPSA) is 87.0 Å². The molecule has 1 aromatic rings. The third-order valence-electron chi connectivity index (χ3n) is 4.78. The summed E-state index contributed by atoms with van der Waals surface area (Å²) in [5.74, 6) is -0.887. The van der Waals surface area contributed by atoms with E-state index in [4.69, 9.17) is 9.84 Å². The van der Waals surface area contributed by atoms with Crippen molar-refractivity contribution in [3.63, 3.8) is 0 Å². The normalized spacial score (nSPS) is 26.3. The molecular formula is C20H28O5. The molecule has 0 spiro atoms. The predicted octanol–water partition coefficient (Wildman–Crippen LogP) is 2.76. The number of aliphatic hydroxyl groups is 2. The Hall–Kier alpha value is -1.69.